The number of hydrogen-bond acceptors (Lipinski definition) is 1. The van der Waals surface area contributed by atoms with Crippen LogP contribution in [-0.2, 0) is 0 Å². The lowest BCUT2D eigenvalue weighted by atomic mass is 10.1. The minimum Gasteiger partial charge on any atom is -0.311 e. The summed E-state index contributed by atoms with van der Waals surface area (Å²) in [5.74, 6) is 0. The van der Waals surface area contributed by atoms with Gasteiger partial charge in [-0.05, 0) is 13.0 Å². The molecule has 1 nitrogen and oxygen atoms in total. The van der Waals surface area contributed by atoms with E-state index in [4.69, 9.17) is 0 Å². The molecule has 1 rings (SSSR count). The van der Waals surface area contributed by atoms with Crippen LogP contribution in [0.15, 0.2) is 0 Å². The van der Waals surface area contributed by atoms with Gasteiger partial charge < -0.3 is 5.32 Å². The lowest BCUT2D eigenvalue weighted by Crippen LogP contribution is -2.44. The predicted molar refractivity (Wildman–Crippen MR) is 33.7 cm³/mol. The molecule has 0 amide bonds. The molecule has 8 heavy (non-hydrogen) atoms. The molecule has 1 aliphatic heterocycles. The summed E-state index contributed by atoms with van der Waals surface area (Å²) in [5.41, 5.74) is 0. The van der Waals surface area contributed by atoms with E-state index in [0.29, 0.717) is 0 Å². The number of rotatable bonds is 1. The molecule has 1 aliphatic rings. The van der Waals surface area contributed by atoms with Crippen LogP contribution in [0.3, 0.4) is 0 Å². The molecule has 2 heteroatoms. The van der Waals surface area contributed by atoms with Gasteiger partial charge in [-0.15, -0.1) is 0 Å². The van der Waals surface area contributed by atoms with Crippen LogP contribution in [0.25, 0.3) is 0 Å². The molecule has 0 radical (unpaired) electrons. The van der Waals surface area contributed by atoms with Crippen LogP contribution in [0.2, 0.25) is 0 Å². The van der Waals surface area contributed by atoms with Crippen LogP contribution in [0.5, 0.6) is 0 Å². The Kier molecular flexibility index (Phi) is 4.97. The second kappa shape index (κ2) is 5.04. The Balaban J connectivity index is 0.000000222. The molecule has 1 saturated heterocycles. The van der Waals surface area contributed by atoms with E-state index in [9.17, 15) is 4.39 Å². The molecule has 1 N–H and O–H groups in total. The first-order valence-corrected chi connectivity index (χ1v) is 3.23. The minimum absolute atomic E-state index is 0.194. The van der Waals surface area contributed by atoms with E-state index in [1.807, 2.05) is 13.8 Å². The van der Waals surface area contributed by atoms with Crippen molar-refractivity contribution in [3.8, 4) is 0 Å². The summed E-state index contributed by atoms with van der Waals surface area (Å²) in [6.45, 7) is 4.81. The van der Waals surface area contributed by atoms with Gasteiger partial charge in [-0.2, -0.15) is 0 Å². The first kappa shape index (κ1) is 7.89. The van der Waals surface area contributed by atoms with Crippen molar-refractivity contribution in [2.45, 2.75) is 26.3 Å². The van der Waals surface area contributed by atoms with Crippen molar-refractivity contribution in [3.63, 3.8) is 0 Å². The zero-order chi connectivity index (χ0) is 6.41. The van der Waals surface area contributed by atoms with Crippen LogP contribution in [0.1, 0.15) is 20.3 Å². The molecular formula is C6H14FN. The highest BCUT2D eigenvalue weighted by atomic mass is 19.1. The van der Waals surface area contributed by atoms with Crippen molar-refractivity contribution in [1.82, 2.24) is 5.32 Å². The van der Waals surface area contributed by atoms with Crippen molar-refractivity contribution in [3.05, 3.63) is 0 Å². The summed E-state index contributed by atoms with van der Waals surface area (Å²) in [4.78, 5) is 0. The van der Waals surface area contributed by atoms with Gasteiger partial charge in [-0.1, -0.05) is 13.8 Å². The Morgan fingerprint density at radius 1 is 1.62 bits per heavy atom. The van der Waals surface area contributed by atoms with Crippen LogP contribution < -0.4 is 5.32 Å². The summed E-state index contributed by atoms with van der Waals surface area (Å²) >= 11 is 0. The molecule has 1 unspecified atom stereocenters. The number of nitrogens with one attached hydrogen (secondary N) is 1. The average Bonchev–Trinajstić information content (AvgIpc) is 1.69. The fourth-order valence-corrected chi connectivity index (χ4v) is 0.480. The van der Waals surface area contributed by atoms with E-state index >= 15 is 0 Å². The Labute approximate surface area is 50.3 Å². The maximum Gasteiger partial charge on any atom is 0.105 e. The van der Waals surface area contributed by atoms with Gasteiger partial charge in [0.15, 0.2) is 0 Å². The lowest BCUT2D eigenvalue weighted by Gasteiger charge is -2.23. The van der Waals surface area contributed by atoms with Gasteiger partial charge in [0, 0.05) is 6.04 Å². The smallest absolute Gasteiger partial charge is 0.105 e. The third-order valence-electron chi connectivity index (χ3n) is 1.11. The van der Waals surface area contributed by atoms with Crippen LogP contribution in [0.4, 0.5) is 4.39 Å². The van der Waals surface area contributed by atoms with E-state index in [1.165, 1.54) is 0 Å². The third kappa shape index (κ3) is 2.26. The quantitative estimate of drug-likeness (QED) is 0.549. The summed E-state index contributed by atoms with van der Waals surface area (Å²) in [5, 5.41) is 2.92. The van der Waals surface area contributed by atoms with E-state index < -0.39 is 0 Å². The third-order valence-corrected chi connectivity index (χ3v) is 1.11. The summed E-state index contributed by atoms with van der Waals surface area (Å²) in [7, 11) is 0. The Hall–Kier alpha value is -0.110. The normalized spacial score (nSPS) is 25.1. The van der Waals surface area contributed by atoms with Crippen molar-refractivity contribution in [1.29, 1.82) is 0 Å². The monoisotopic (exact) mass is 119 g/mol. The van der Waals surface area contributed by atoms with E-state index in [2.05, 4.69) is 5.32 Å². The van der Waals surface area contributed by atoms with Crippen molar-refractivity contribution < 1.29 is 4.39 Å². The van der Waals surface area contributed by atoms with Crippen molar-refractivity contribution >= 4 is 0 Å². The second-order valence-electron chi connectivity index (χ2n) is 1.59. The lowest BCUT2D eigenvalue weighted by molar-refractivity contribution is 0.291. The van der Waals surface area contributed by atoms with Crippen LogP contribution in [-0.4, -0.2) is 19.3 Å². The fraction of sp³-hybridized carbons (Fsp3) is 1.00. The van der Waals surface area contributed by atoms with E-state index in [1.54, 1.807) is 0 Å². The van der Waals surface area contributed by atoms with Gasteiger partial charge in [-0.3, -0.25) is 0 Å². The van der Waals surface area contributed by atoms with Crippen LogP contribution >= 0.6 is 0 Å². The first-order chi connectivity index (χ1) is 3.93. The SMILES string of the molecule is CC.FCC1CCN1. The fourth-order valence-electron chi connectivity index (χ4n) is 0.480. The number of halogens is 1. The maximum absolute atomic E-state index is 11.4. The van der Waals surface area contributed by atoms with Gasteiger partial charge in [0.1, 0.15) is 6.67 Å². The average molecular weight is 119 g/mol. The number of hydrogen-bond donors (Lipinski definition) is 1. The van der Waals surface area contributed by atoms with Crippen LogP contribution in [0, 0.1) is 0 Å². The molecule has 0 aromatic heterocycles. The second-order valence-corrected chi connectivity index (χ2v) is 1.59. The van der Waals surface area contributed by atoms with Gasteiger partial charge in [0.25, 0.3) is 0 Å². The first-order valence-electron chi connectivity index (χ1n) is 3.23. The Morgan fingerprint density at radius 2 is 2.12 bits per heavy atom. The maximum atomic E-state index is 11.4. The van der Waals surface area contributed by atoms with Crippen molar-refractivity contribution in [2.24, 2.45) is 0 Å². The highest BCUT2D eigenvalue weighted by molar-refractivity contribution is 4.75. The van der Waals surface area contributed by atoms with Gasteiger partial charge >= 0.3 is 0 Å². The predicted octanol–water partition coefficient (Wildman–Crippen LogP) is 1.34. The molecule has 0 aliphatic carbocycles. The molecule has 0 spiro atoms. The zero-order valence-corrected chi connectivity index (χ0v) is 5.58. The summed E-state index contributed by atoms with van der Waals surface area (Å²) in [6.07, 6.45) is 1.02. The van der Waals surface area contributed by atoms with E-state index in [0.717, 1.165) is 13.0 Å². The molecule has 0 aromatic rings. The molecular weight excluding hydrogens is 105 g/mol. The molecule has 1 heterocycles. The number of alkyl halides is 1. The van der Waals surface area contributed by atoms with Gasteiger partial charge in [0.05, 0.1) is 0 Å². The molecule has 50 valence electrons. The molecule has 0 saturated carbocycles. The topological polar surface area (TPSA) is 12.0 Å². The highest BCUT2D eigenvalue weighted by Crippen LogP contribution is 2.00. The van der Waals surface area contributed by atoms with Crippen molar-refractivity contribution in [2.75, 3.05) is 13.2 Å². The standard InChI is InChI=1S/C4H8FN.C2H6/c5-3-4-1-2-6-4;1-2/h4,6H,1-3H2;1-2H3. The highest BCUT2D eigenvalue weighted by Gasteiger charge is 2.14. The molecule has 1 fully saturated rings. The largest absolute Gasteiger partial charge is 0.311 e. The Morgan fingerprint density at radius 3 is 2.12 bits per heavy atom. The molecule has 0 bridgehead atoms. The molecule has 1 atom stereocenters. The molecule has 0 aromatic carbocycles. The minimum atomic E-state index is -0.194. The summed E-state index contributed by atoms with van der Waals surface area (Å²) < 4.78 is 11.4. The zero-order valence-electron chi connectivity index (χ0n) is 5.58. The van der Waals surface area contributed by atoms with Gasteiger partial charge in [-0.25, -0.2) is 4.39 Å². The van der Waals surface area contributed by atoms with Gasteiger partial charge in [0.2, 0.25) is 0 Å². The summed E-state index contributed by atoms with van der Waals surface area (Å²) in [6, 6.07) is 0.199. The Bertz CT molecular complexity index is 41.0. The van der Waals surface area contributed by atoms with E-state index in [-0.39, 0.29) is 12.7 Å².